The van der Waals surface area contributed by atoms with E-state index in [4.69, 9.17) is 14.7 Å². The second-order valence-corrected chi connectivity index (χ2v) is 5.04. The maximum absolute atomic E-state index is 11.2. The number of carbonyl (C=O) groups is 1. The number of hydrogen-bond acceptors (Lipinski definition) is 5. The van der Waals surface area contributed by atoms with Gasteiger partial charge in [0.05, 0.1) is 18.9 Å². The minimum absolute atomic E-state index is 0.228. The first kappa shape index (κ1) is 18.0. The van der Waals surface area contributed by atoms with Gasteiger partial charge in [-0.25, -0.2) is 5.43 Å². The highest BCUT2D eigenvalue weighted by Gasteiger charge is 2.06. The molecule has 6 nitrogen and oxygen atoms in total. The summed E-state index contributed by atoms with van der Waals surface area (Å²) in [6, 6.07) is 17.0. The largest absolute Gasteiger partial charge is 0.490 e. The molecule has 0 saturated heterocycles. The number of amides is 1. The number of hydrogen-bond donors (Lipinski definition) is 1. The number of nitrogens with one attached hydrogen (secondary N) is 1. The van der Waals surface area contributed by atoms with Crippen LogP contribution in [-0.2, 0) is 11.4 Å². The summed E-state index contributed by atoms with van der Waals surface area (Å²) in [6.45, 7) is 2.84. The first-order valence-corrected chi connectivity index (χ1v) is 7.85. The zero-order valence-electron chi connectivity index (χ0n) is 13.9. The summed E-state index contributed by atoms with van der Waals surface area (Å²) in [4.78, 5) is 11.2. The van der Waals surface area contributed by atoms with E-state index in [1.54, 1.807) is 18.2 Å². The predicted octanol–water partition coefficient (Wildman–Crippen LogP) is 3.03. The molecule has 2 aromatic rings. The highest BCUT2D eigenvalue weighted by atomic mass is 16.5. The fourth-order valence-corrected chi connectivity index (χ4v) is 2.02. The van der Waals surface area contributed by atoms with E-state index in [0.29, 0.717) is 24.7 Å². The quantitative estimate of drug-likeness (QED) is 0.593. The highest BCUT2D eigenvalue weighted by molar-refractivity contribution is 5.83. The van der Waals surface area contributed by atoms with Crippen LogP contribution in [0, 0.1) is 11.3 Å². The Morgan fingerprint density at radius 2 is 2.00 bits per heavy atom. The van der Waals surface area contributed by atoms with Crippen LogP contribution in [0.1, 0.15) is 24.5 Å². The summed E-state index contributed by atoms with van der Waals surface area (Å²) >= 11 is 0. The topological polar surface area (TPSA) is 83.7 Å². The molecule has 0 fully saturated rings. The van der Waals surface area contributed by atoms with Crippen molar-refractivity contribution in [1.82, 2.24) is 5.43 Å². The number of hydrazone groups is 1. The summed E-state index contributed by atoms with van der Waals surface area (Å²) in [5, 5.41) is 12.2. The molecule has 0 aliphatic rings. The molecule has 25 heavy (non-hydrogen) atoms. The third kappa shape index (κ3) is 5.99. The molecule has 0 aromatic heterocycles. The molecule has 0 aliphatic heterocycles. The lowest BCUT2D eigenvalue weighted by atomic mass is 10.2. The lowest BCUT2D eigenvalue weighted by Crippen LogP contribution is -2.16. The van der Waals surface area contributed by atoms with Gasteiger partial charge in [-0.05, 0) is 36.2 Å². The molecular formula is C19H19N3O3. The minimum atomic E-state index is -0.452. The molecule has 6 heteroatoms. The van der Waals surface area contributed by atoms with E-state index in [2.05, 4.69) is 10.5 Å². The number of nitriles is 1. The van der Waals surface area contributed by atoms with Gasteiger partial charge in [-0.3, -0.25) is 4.79 Å². The van der Waals surface area contributed by atoms with Crippen molar-refractivity contribution in [3.05, 3.63) is 59.7 Å². The number of rotatable bonds is 8. The number of ether oxygens (including phenoxy) is 2. The van der Waals surface area contributed by atoms with Crippen molar-refractivity contribution in [2.24, 2.45) is 5.10 Å². The Kier molecular flexibility index (Phi) is 7.01. The smallest absolute Gasteiger partial charge is 0.254 e. The van der Waals surface area contributed by atoms with Crippen LogP contribution in [0.2, 0.25) is 0 Å². The maximum Gasteiger partial charge on any atom is 0.254 e. The van der Waals surface area contributed by atoms with Crippen LogP contribution in [0.15, 0.2) is 53.6 Å². The standard InChI is InChI=1S/C19H19N3O3/c1-2-24-18-12-16(13-21-22-19(23)10-11-20)8-9-17(18)25-14-15-6-4-3-5-7-15/h3-9,12-13H,2,10,14H2,1H3,(H,22,23). The van der Waals surface area contributed by atoms with E-state index >= 15 is 0 Å². The molecule has 0 unspecified atom stereocenters. The Morgan fingerprint density at radius 1 is 1.20 bits per heavy atom. The van der Waals surface area contributed by atoms with Crippen LogP contribution in [0.25, 0.3) is 0 Å². The van der Waals surface area contributed by atoms with E-state index in [9.17, 15) is 4.79 Å². The Balaban J connectivity index is 2.04. The van der Waals surface area contributed by atoms with E-state index in [1.807, 2.05) is 43.3 Å². The average Bonchev–Trinajstić information content (AvgIpc) is 2.62. The van der Waals surface area contributed by atoms with Gasteiger partial charge in [-0.1, -0.05) is 30.3 Å². The third-order valence-electron chi connectivity index (χ3n) is 3.15. The Labute approximate surface area is 146 Å². The molecule has 1 N–H and O–H groups in total. The molecule has 0 aliphatic carbocycles. The van der Waals surface area contributed by atoms with Crippen LogP contribution >= 0.6 is 0 Å². The molecular weight excluding hydrogens is 318 g/mol. The molecule has 1 amide bonds. The Hall–Kier alpha value is -3.33. The van der Waals surface area contributed by atoms with Gasteiger partial charge in [-0.2, -0.15) is 10.4 Å². The van der Waals surface area contributed by atoms with Gasteiger partial charge in [0.1, 0.15) is 13.0 Å². The van der Waals surface area contributed by atoms with Crippen LogP contribution < -0.4 is 14.9 Å². The Morgan fingerprint density at radius 3 is 2.72 bits per heavy atom. The van der Waals surface area contributed by atoms with Crippen molar-refractivity contribution in [3.63, 3.8) is 0 Å². The molecule has 2 rings (SSSR count). The van der Waals surface area contributed by atoms with Crippen molar-refractivity contribution < 1.29 is 14.3 Å². The summed E-state index contributed by atoms with van der Waals surface area (Å²) < 4.78 is 11.4. The summed E-state index contributed by atoms with van der Waals surface area (Å²) in [7, 11) is 0. The molecule has 0 atom stereocenters. The monoisotopic (exact) mass is 337 g/mol. The lowest BCUT2D eigenvalue weighted by Gasteiger charge is -2.12. The maximum atomic E-state index is 11.2. The summed E-state index contributed by atoms with van der Waals surface area (Å²) in [5.41, 5.74) is 4.09. The zero-order chi connectivity index (χ0) is 17.9. The first-order chi connectivity index (χ1) is 12.2. The molecule has 2 aromatic carbocycles. The van der Waals surface area contributed by atoms with Crippen molar-refractivity contribution in [1.29, 1.82) is 5.26 Å². The fourth-order valence-electron chi connectivity index (χ4n) is 2.02. The van der Waals surface area contributed by atoms with Crippen molar-refractivity contribution in [3.8, 4) is 17.6 Å². The van der Waals surface area contributed by atoms with E-state index in [-0.39, 0.29) is 6.42 Å². The van der Waals surface area contributed by atoms with Gasteiger partial charge in [0, 0.05) is 0 Å². The van der Waals surface area contributed by atoms with Gasteiger partial charge in [0.25, 0.3) is 5.91 Å². The lowest BCUT2D eigenvalue weighted by molar-refractivity contribution is -0.120. The van der Waals surface area contributed by atoms with Crippen LogP contribution in [-0.4, -0.2) is 18.7 Å². The van der Waals surface area contributed by atoms with Gasteiger partial charge < -0.3 is 9.47 Å². The fraction of sp³-hybridized carbons (Fsp3) is 0.211. The van der Waals surface area contributed by atoms with Gasteiger partial charge in [-0.15, -0.1) is 0 Å². The van der Waals surface area contributed by atoms with Crippen LogP contribution in [0.4, 0.5) is 0 Å². The van der Waals surface area contributed by atoms with E-state index < -0.39 is 5.91 Å². The van der Waals surface area contributed by atoms with Crippen LogP contribution in [0.3, 0.4) is 0 Å². The first-order valence-electron chi connectivity index (χ1n) is 7.85. The van der Waals surface area contributed by atoms with Crippen molar-refractivity contribution in [2.45, 2.75) is 20.0 Å². The molecule has 128 valence electrons. The van der Waals surface area contributed by atoms with Crippen molar-refractivity contribution >= 4 is 12.1 Å². The average molecular weight is 337 g/mol. The van der Waals surface area contributed by atoms with Gasteiger partial charge >= 0.3 is 0 Å². The second kappa shape index (κ2) is 9.73. The Bertz CT molecular complexity index is 767. The molecule has 0 bridgehead atoms. The third-order valence-corrected chi connectivity index (χ3v) is 3.15. The summed E-state index contributed by atoms with van der Waals surface area (Å²) in [5.74, 6) is 0.786. The van der Waals surface area contributed by atoms with E-state index in [1.165, 1.54) is 6.21 Å². The van der Waals surface area contributed by atoms with Gasteiger partial charge in [0.15, 0.2) is 11.5 Å². The van der Waals surface area contributed by atoms with E-state index in [0.717, 1.165) is 11.1 Å². The number of nitrogens with zero attached hydrogens (tertiary/aromatic N) is 2. The number of benzene rings is 2. The molecule has 0 heterocycles. The minimum Gasteiger partial charge on any atom is -0.490 e. The zero-order valence-corrected chi connectivity index (χ0v) is 13.9. The molecule has 0 saturated carbocycles. The second-order valence-electron chi connectivity index (χ2n) is 5.04. The van der Waals surface area contributed by atoms with Gasteiger partial charge in [0.2, 0.25) is 0 Å². The predicted molar refractivity (Wildman–Crippen MR) is 94.4 cm³/mol. The summed E-state index contributed by atoms with van der Waals surface area (Å²) in [6.07, 6.45) is 1.26. The molecule has 0 spiro atoms. The van der Waals surface area contributed by atoms with Crippen molar-refractivity contribution in [2.75, 3.05) is 6.61 Å². The molecule has 0 radical (unpaired) electrons. The highest BCUT2D eigenvalue weighted by Crippen LogP contribution is 2.28. The SMILES string of the molecule is CCOc1cc(C=NNC(=O)CC#N)ccc1OCc1ccccc1. The normalized spacial score (nSPS) is 10.2. The van der Waals surface area contributed by atoms with Crippen LogP contribution in [0.5, 0.6) is 11.5 Å². The number of carbonyl (C=O) groups excluding carboxylic acids is 1.